The normalized spacial score (nSPS) is 10.7. The van der Waals surface area contributed by atoms with Gasteiger partial charge >= 0.3 is 0 Å². The summed E-state index contributed by atoms with van der Waals surface area (Å²) in [6, 6.07) is 55.2. The summed E-state index contributed by atoms with van der Waals surface area (Å²) in [6.07, 6.45) is 8.56. The van der Waals surface area contributed by atoms with Crippen molar-refractivity contribution in [3.05, 3.63) is 168 Å². The fraction of sp³-hybridized carbons (Fsp3) is 0.156. The number of nitrogens with zero attached hydrogens (tertiary/aromatic N) is 2. The van der Waals surface area contributed by atoms with Crippen molar-refractivity contribution in [1.29, 1.82) is 10.5 Å². The highest BCUT2D eigenvalue weighted by Gasteiger charge is 2.04. The minimum Gasteiger partial charge on any atom is -0.192 e. The Labute approximate surface area is 279 Å². The molecule has 6 rings (SSSR count). The van der Waals surface area contributed by atoms with Crippen LogP contribution in [0.1, 0.15) is 54.4 Å². The summed E-state index contributed by atoms with van der Waals surface area (Å²) >= 11 is 0. The molecule has 0 atom stereocenters. The van der Waals surface area contributed by atoms with Crippen molar-refractivity contribution in [3.63, 3.8) is 0 Å². The Balaban J connectivity index is 0.888. The van der Waals surface area contributed by atoms with E-state index in [2.05, 4.69) is 109 Å². The molecule has 0 aromatic heterocycles. The van der Waals surface area contributed by atoms with Crippen molar-refractivity contribution in [2.45, 2.75) is 44.9 Å². The van der Waals surface area contributed by atoms with Crippen LogP contribution in [0.4, 0.5) is 0 Å². The molecule has 0 bridgehead atoms. The van der Waals surface area contributed by atoms with E-state index in [1.165, 1.54) is 65.5 Å². The first kappa shape index (κ1) is 31.3. The minimum absolute atomic E-state index is 0.685. The van der Waals surface area contributed by atoms with Gasteiger partial charge < -0.3 is 0 Å². The van der Waals surface area contributed by atoms with E-state index in [1.807, 2.05) is 48.5 Å². The summed E-state index contributed by atoms with van der Waals surface area (Å²) in [7, 11) is 0. The van der Waals surface area contributed by atoms with Gasteiger partial charge in [-0.05, 0) is 106 Å². The molecule has 0 fully saturated rings. The number of rotatable bonds is 12. The van der Waals surface area contributed by atoms with Crippen LogP contribution >= 0.6 is 0 Å². The van der Waals surface area contributed by atoms with E-state index >= 15 is 0 Å². The van der Waals surface area contributed by atoms with Crippen molar-refractivity contribution in [2.75, 3.05) is 0 Å². The third-order valence-electron chi connectivity index (χ3n) is 8.97. The smallest absolute Gasteiger partial charge is 0.0991 e. The second kappa shape index (κ2) is 15.5. The standard InChI is InChI=1S/C45H38N2/c46-32-36-12-20-40(21-13-36)44-28-24-42(25-29-44)38-16-8-34(9-17-38)6-4-2-1-3-5-7-35-10-18-39(19-11-35)43-26-30-45(31-27-43)41-22-14-37(33-47)15-23-41/h8-31H,1-7H2. The van der Waals surface area contributed by atoms with Crippen molar-refractivity contribution < 1.29 is 0 Å². The molecule has 228 valence electrons. The van der Waals surface area contributed by atoms with E-state index in [4.69, 9.17) is 10.5 Å². The molecule has 6 aromatic carbocycles. The number of nitriles is 2. The predicted octanol–water partition coefficient (Wildman–Crippen LogP) is 11.8. The van der Waals surface area contributed by atoms with Crippen molar-refractivity contribution in [2.24, 2.45) is 0 Å². The Hall–Kier alpha value is -5.70. The Kier molecular flexibility index (Phi) is 10.3. The van der Waals surface area contributed by atoms with E-state index < -0.39 is 0 Å². The molecule has 0 amide bonds. The quantitative estimate of drug-likeness (QED) is 0.130. The third kappa shape index (κ3) is 8.32. The van der Waals surface area contributed by atoms with E-state index in [1.54, 1.807) is 0 Å². The van der Waals surface area contributed by atoms with Gasteiger partial charge in [0.1, 0.15) is 0 Å². The predicted molar refractivity (Wildman–Crippen MR) is 195 cm³/mol. The molecule has 0 aliphatic rings. The lowest BCUT2D eigenvalue weighted by atomic mass is 9.97. The van der Waals surface area contributed by atoms with Gasteiger partial charge in [0.25, 0.3) is 0 Å². The topological polar surface area (TPSA) is 47.6 Å². The highest BCUT2D eigenvalue weighted by molar-refractivity contribution is 5.72. The Bertz CT molecular complexity index is 1800. The van der Waals surface area contributed by atoms with Crippen LogP contribution < -0.4 is 0 Å². The zero-order valence-corrected chi connectivity index (χ0v) is 26.7. The SMILES string of the molecule is N#Cc1ccc(-c2ccc(-c3ccc(CCCCCCCc4ccc(-c5ccc(-c6ccc(C#N)cc6)cc5)cc4)cc3)cc2)cc1. The minimum atomic E-state index is 0.685. The Morgan fingerprint density at radius 3 is 0.745 bits per heavy atom. The lowest BCUT2D eigenvalue weighted by molar-refractivity contribution is 0.613. The Morgan fingerprint density at radius 2 is 0.489 bits per heavy atom. The van der Waals surface area contributed by atoms with Crippen molar-refractivity contribution in [1.82, 2.24) is 0 Å². The molecule has 0 spiro atoms. The number of hydrogen-bond acceptors (Lipinski definition) is 2. The molecule has 0 saturated carbocycles. The summed E-state index contributed by atoms with van der Waals surface area (Å²) in [5.41, 5.74) is 13.7. The van der Waals surface area contributed by atoms with Gasteiger partial charge in [-0.15, -0.1) is 0 Å². The summed E-state index contributed by atoms with van der Waals surface area (Å²) in [5.74, 6) is 0. The maximum Gasteiger partial charge on any atom is 0.0991 e. The molecule has 47 heavy (non-hydrogen) atoms. The molecule has 0 aliphatic heterocycles. The molecule has 0 saturated heterocycles. The fourth-order valence-corrected chi connectivity index (χ4v) is 6.10. The van der Waals surface area contributed by atoms with Crippen LogP contribution in [0.15, 0.2) is 146 Å². The fourth-order valence-electron chi connectivity index (χ4n) is 6.10. The molecule has 2 heteroatoms. The second-order valence-corrected chi connectivity index (χ2v) is 12.2. The lowest BCUT2D eigenvalue weighted by Gasteiger charge is -2.08. The van der Waals surface area contributed by atoms with Crippen molar-refractivity contribution >= 4 is 0 Å². The van der Waals surface area contributed by atoms with E-state index in [9.17, 15) is 0 Å². The molecule has 2 nitrogen and oxygen atoms in total. The molecule has 0 radical (unpaired) electrons. The molecule has 0 unspecified atom stereocenters. The molecule has 6 aromatic rings. The maximum atomic E-state index is 9.02. The first-order valence-electron chi connectivity index (χ1n) is 16.6. The first-order chi connectivity index (χ1) is 23.2. The number of hydrogen-bond donors (Lipinski definition) is 0. The van der Waals surface area contributed by atoms with Crippen molar-refractivity contribution in [3.8, 4) is 56.6 Å². The van der Waals surface area contributed by atoms with Gasteiger partial charge in [-0.3, -0.25) is 0 Å². The summed E-state index contributed by atoms with van der Waals surface area (Å²) < 4.78 is 0. The van der Waals surface area contributed by atoms with Gasteiger partial charge in [-0.1, -0.05) is 141 Å². The van der Waals surface area contributed by atoms with Gasteiger partial charge in [0.15, 0.2) is 0 Å². The van der Waals surface area contributed by atoms with Crippen LogP contribution in [0.5, 0.6) is 0 Å². The van der Waals surface area contributed by atoms with Gasteiger partial charge in [0, 0.05) is 0 Å². The highest BCUT2D eigenvalue weighted by Crippen LogP contribution is 2.27. The van der Waals surface area contributed by atoms with E-state index in [0.29, 0.717) is 11.1 Å². The number of benzene rings is 6. The van der Waals surface area contributed by atoms with Crippen LogP contribution in [0.2, 0.25) is 0 Å². The third-order valence-corrected chi connectivity index (χ3v) is 8.97. The Morgan fingerprint density at radius 1 is 0.277 bits per heavy atom. The second-order valence-electron chi connectivity index (χ2n) is 12.2. The number of aryl methyl sites for hydroxylation is 2. The van der Waals surface area contributed by atoms with Gasteiger partial charge in [-0.2, -0.15) is 10.5 Å². The molecule has 0 aliphatic carbocycles. The van der Waals surface area contributed by atoms with Gasteiger partial charge in [-0.25, -0.2) is 0 Å². The lowest BCUT2D eigenvalue weighted by Crippen LogP contribution is -1.89. The molecule has 0 heterocycles. The van der Waals surface area contributed by atoms with Crippen LogP contribution in [0.3, 0.4) is 0 Å². The average molecular weight is 607 g/mol. The van der Waals surface area contributed by atoms with Crippen LogP contribution in [0, 0.1) is 22.7 Å². The summed E-state index contributed by atoms with van der Waals surface area (Å²) in [5, 5.41) is 18.0. The molecule has 0 N–H and O–H groups in total. The van der Waals surface area contributed by atoms with Crippen LogP contribution in [-0.2, 0) is 12.8 Å². The average Bonchev–Trinajstić information content (AvgIpc) is 3.15. The van der Waals surface area contributed by atoms with Gasteiger partial charge in [0.05, 0.1) is 23.3 Å². The van der Waals surface area contributed by atoms with Crippen LogP contribution in [-0.4, -0.2) is 0 Å². The van der Waals surface area contributed by atoms with Gasteiger partial charge in [0.2, 0.25) is 0 Å². The molecular formula is C45H38N2. The highest BCUT2D eigenvalue weighted by atomic mass is 14.2. The van der Waals surface area contributed by atoms with E-state index in [0.717, 1.165) is 35.1 Å². The zero-order chi connectivity index (χ0) is 32.3. The summed E-state index contributed by atoms with van der Waals surface area (Å²) in [6.45, 7) is 0. The van der Waals surface area contributed by atoms with E-state index in [-0.39, 0.29) is 0 Å². The number of unbranched alkanes of at least 4 members (excludes halogenated alkanes) is 4. The summed E-state index contributed by atoms with van der Waals surface area (Å²) in [4.78, 5) is 0. The molecular weight excluding hydrogens is 569 g/mol. The maximum absolute atomic E-state index is 9.02. The zero-order valence-electron chi connectivity index (χ0n) is 26.7. The van der Waals surface area contributed by atoms with Crippen LogP contribution in [0.25, 0.3) is 44.5 Å². The first-order valence-corrected chi connectivity index (χ1v) is 16.6. The monoisotopic (exact) mass is 606 g/mol. The largest absolute Gasteiger partial charge is 0.192 e.